The maximum atomic E-state index is 11.0. The Bertz CT molecular complexity index is 154. The van der Waals surface area contributed by atoms with E-state index in [4.69, 9.17) is 11.6 Å². The monoisotopic (exact) mass is 188 g/mol. The smallest absolute Gasteiger partial charge is 0.126 e. The van der Waals surface area contributed by atoms with Crippen LogP contribution in [0.4, 0.5) is 0 Å². The quantitative estimate of drug-likeness (QED) is 0.492. The first-order valence-corrected chi connectivity index (χ1v) is 5.31. The average Bonchev–Trinajstić information content (AvgIpc) is 2.10. The summed E-state index contributed by atoms with van der Waals surface area (Å²) in [4.78, 5) is 11.0. The van der Waals surface area contributed by atoms with Crippen LogP contribution in [-0.4, -0.2) is 12.2 Å². The second-order valence-electron chi connectivity index (χ2n) is 3.94. The van der Waals surface area contributed by atoms with Gasteiger partial charge in [-0.1, -0.05) is 19.8 Å². The van der Waals surface area contributed by atoms with E-state index in [1.807, 2.05) is 0 Å². The van der Waals surface area contributed by atoms with Gasteiger partial charge in [0.05, 0.1) is 0 Å². The second-order valence-corrected chi connectivity index (χ2v) is 4.31. The third-order valence-electron chi connectivity index (χ3n) is 3.31. The van der Waals surface area contributed by atoms with Gasteiger partial charge in [-0.2, -0.15) is 0 Å². The van der Waals surface area contributed by atoms with Crippen molar-refractivity contribution in [1.29, 1.82) is 0 Å². The molecule has 1 rings (SSSR count). The highest BCUT2D eigenvalue weighted by Crippen LogP contribution is 2.42. The van der Waals surface area contributed by atoms with Gasteiger partial charge in [0.25, 0.3) is 0 Å². The van der Waals surface area contributed by atoms with Crippen LogP contribution >= 0.6 is 11.6 Å². The maximum Gasteiger partial charge on any atom is 0.126 e. The zero-order chi connectivity index (χ0) is 9.03. The van der Waals surface area contributed by atoms with E-state index < -0.39 is 0 Å². The number of hydrogen-bond acceptors (Lipinski definition) is 1. The normalized spacial score (nSPS) is 36.3. The van der Waals surface area contributed by atoms with E-state index in [1.165, 1.54) is 19.3 Å². The largest absolute Gasteiger partial charge is 0.303 e. The predicted molar refractivity (Wildman–Crippen MR) is 51.5 cm³/mol. The van der Waals surface area contributed by atoms with Crippen LogP contribution in [0.1, 0.15) is 39.0 Å². The van der Waals surface area contributed by atoms with E-state index in [2.05, 4.69) is 6.92 Å². The van der Waals surface area contributed by atoms with Crippen LogP contribution in [0.15, 0.2) is 0 Å². The number of carbonyl (C=O) groups excluding carboxylic acids is 1. The molecule has 1 nitrogen and oxygen atoms in total. The molecule has 1 aliphatic carbocycles. The van der Waals surface area contributed by atoms with Crippen LogP contribution in [0.3, 0.4) is 0 Å². The molecular formula is C10H17ClO. The van der Waals surface area contributed by atoms with Crippen LogP contribution in [0, 0.1) is 11.3 Å². The molecule has 0 amide bonds. The van der Waals surface area contributed by atoms with E-state index in [9.17, 15) is 4.79 Å². The van der Waals surface area contributed by atoms with Gasteiger partial charge in [-0.05, 0) is 25.2 Å². The van der Waals surface area contributed by atoms with Crippen LogP contribution in [-0.2, 0) is 4.79 Å². The summed E-state index contributed by atoms with van der Waals surface area (Å²) in [5, 5.41) is 0. The Labute approximate surface area is 79.5 Å². The summed E-state index contributed by atoms with van der Waals surface area (Å²) in [6.45, 7) is 2.18. The van der Waals surface area contributed by atoms with Gasteiger partial charge in [0, 0.05) is 11.3 Å². The van der Waals surface area contributed by atoms with E-state index in [1.54, 1.807) is 0 Å². The molecule has 2 unspecified atom stereocenters. The Morgan fingerprint density at radius 2 is 2.33 bits per heavy atom. The summed E-state index contributed by atoms with van der Waals surface area (Å²) in [6.07, 6.45) is 6.72. The molecule has 0 aliphatic heterocycles. The van der Waals surface area contributed by atoms with Crippen molar-refractivity contribution in [3.8, 4) is 0 Å². The molecule has 2 atom stereocenters. The summed E-state index contributed by atoms with van der Waals surface area (Å²) >= 11 is 5.71. The molecule has 0 aromatic rings. The van der Waals surface area contributed by atoms with Gasteiger partial charge in [0.2, 0.25) is 0 Å². The van der Waals surface area contributed by atoms with E-state index in [0.717, 1.165) is 19.1 Å². The van der Waals surface area contributed by atoms with Crippen LogP contribution in [0.25, 0.3) is 0 Å². The van der Waals surface area contributed by atoms with Gasteiger partial charge in [0.1, 0.15) is 6.29 Å². The Kier molecular flexibility index (Phi) is 3.57. The van der Waals surface area contributed by atoms with Crippen molar-refractivity contribution in [1.82, 2.24) is 0 Å². The van der Waals surface area contributed by atoms with Gasteiger partial charge in [-0.25, -0.2) is 0 Å². The minimum atomic E-state index is -0.0833. The number of rotatable bonds is 3. The standard InChI is InChI=1S/C10H17ClO/c1-9-4-2-3-5-10(9,8-12)6-7-11/h8-9H,2-7H2,1H3. The molecule has 70 valence electrons. The first-order chi connectivity index (χ1) is 5.75. The van der Waals surface area contributed by atoms with Crippen molar-refractivity contribution in [3.05, 3.63) is 0 Å². The third-order valence-corrected chi connectivity index (χ3v) is 3.49. The van der Waals surface area contributed by atoms with Crippen LogP contribution < -0.4 is 0 Å². The van der Waals surface area contributed by atoms with Crippen molar-refractivity contribution in [2.75, 3.05) is 5.88 Å². The lowest BCUT2D eigenvalue weighted by Gasteiger charge is -2.37. The molecule has 0 bridgehead atoms. The van der Waals surface area contributed by atoms with E-state index in [0.29, 0.717) is 11.8 Å². The molecular weight excluding hydrogens is 172 g/mol. The average molecular weight is 189 g/mol. The van der Waals surface area contributed by atoms with Gasteiger partial charge < -0.3 is 4.79 Å². The molecule has 12 heavy (non-hydrogen) atoms. The summed E-state index contributed by atoms with van der Waals surface area (Å²) in [6, 6.07) is 0. The minimum absolute atomic E-state index is 0.0833. The van der Waals surface area contributed by atoms with Gasteiger partial charge in [0.15, 0.2) is 0 Å². The molecule has 0 aromatic carbocycles. The summed E-state index contributed by atoms with van der Waals surface area (Å²) in [5.41, 5.74) is -0.0833. The molecule has 0 saturated heterocycles. The van der Waals surface area contributed by atoms with Gasteiger partial charge in [-0.3, -0.25) is 0 Å². The first kappa shape index (κ1) is 10.0. The Hall–Kier alpha value is -0.0400. The van der Waals surface area contributed by atoms with Crippen molar-refractivity contribution < 1.29 is 4.79 Å². The molecule has 0 radical (unpaired) electrons. The Morgan fingerprint density at radius 3 is 2.83 bits per heavy atom. The van der Waals surface area contributed by atoms with E-state index in [-0.39, 0.29) is 5.41 Å². The predicted octanol–water partition coefficient (Wildman–Crippen LogP) is 3.01. The number of aldehydes is 1. The molecule has 0 spiro atoms. The van der Waals surface area contributed by atoms with Crippen molar-refractivity contribution in [2.24, 2.45) is 11.3 Å². The summed E-state index contributed by atoms with van der Waals surface area (Å²) < 4.78 is 0. The zero-order valence-electron chi connectivity index (χ0n) is 7.68. The van der Waals surface area contributed by atoms with Gasteiger partial charge >= 0.3 is 0 Å². The molecule has 1 saturated carbocycles. The second kappa shape index (κ2) is 4.27. The number of alkyl halides is 1. The lowest BCUT2D eigenvalue weighted by Crippen LogP contribution is -2.34. The highest BCUT2D eigenvalue weighted by molar-refractivity contribution is 6.18. The molecule has 1 aliphatic rings. The SMILES string of the molecule is CC1CCCCC1(C=O)CCCl. The highest BCUT2D eigenvalue weighted by atomic mass is 35.5. The molecule has 2 heteroatoms. The lowest BCUT2D eigenvalue weighted by molar-refractivity contribution is -0.120. The first-order valence-electron chi connectivity index (χ1n) is 4.77. The minimum Gasteiger partial charge on any atom is -0.303 e. The summed E-state index contributed by atoms with van der Waals surface area (Å²) in [7, 11) is 0. The molecule has 0 heterocycles. The number of hydrogen-bond donors (Lipinski definition) is 0. The van der Waals surface area contributed by atoms with Crippen LogP contribution in [0.5, 0.6) is 0 Å². The zero-order valence-corrected chi connectivity index (χ0v) is 8.44. The highest BCUT2D eigenvalue weighted by Gasteiger charge is 2.37. The fourth-order valence-corrected chi connectivity index (χ4v) is 2.57. The van der Waals surface area contributed by atoms with E-state index >= 15 is 0 Å². The third kappa shape index (κ3) is 1.82. The fraction of sp³-hybridized carbons (Fsp3) is 0.900. The van der Waals surface area contributed by atoms with Crippen molar-refractivity contribution in [3.63, 3.8) is 0 Å². The Morgan fingerprint density at radius 1 is 1.58 bits per heavy atom. The number of carbonyl (C=O) groups is 1. The van der Waals surface area contributed by atoms with Crippen LogP contribution in [0.2, 0.25) is 0 Å². The van der Waals surface area contributed by atoms with Gasteiger partial charge in [-0.15, -0.1) is 11.6 Å². The molecule has 0 N–H and O–H groups in total. The topological polar surface area (TPSA) is 17.1 Å². The lowest BCUT2D eigenvalue weighted by atomic mass is 9.66. The maximum absolute atomic E-state index is 11.0. The van der Waals surface area contributed by atoms with Crippen molar-refractivity contribution in [2.45, 2.75) is 39.0 Å². The number of halogens is 1. The Balaban J connectivity index is 2.66. The van der Waals surface area contributed by atoms with Crippen molar-refractivity contribution >= 4 is 17.9 Å². The summed E-state index contributed by atoms with van der Waals surface area (Å²) in [5.74, 6) is 1.14. The fourth-order valence-electron chi connectivity index (χ4n) is 2.22. The molecule has 1 fully saturated rings. The molecule has 0 aromatic heterocycles.